The van der Waals surface area contributed by atoms with Gasteiger partial charge in [0.2, 0.25) is 5.91 Å². The summed E-state index contributed by atoms with van der Waals surface area (Å²) in [5.74, 6) is -0.282. The first kappa shape index (κ1) is 17.0. The molecule has 0 saturated carbocycles. The Balaban J connectivity index is 1.84. The summed E-state index contributed by atoms with van der Waals surface area (Å²) in [7, 11) is 0. The quantitative estimate of drug-likeness (QED) is 0.802. The van der Waals surface area contributed by atoms with Gasteiger partial charge in [0, 0.05) is 11.4 Å². The zero-order valence-corrected chi connectivity index (χ0v) is 13.8. The normalized spacial score (nSPS) is 11.5. The molecule has 22 heavy (non-hydrogen) atoms. The lowest BCUT2D eigenvalue weighted by atomic mass is 10.1. The van der Waals surface area contributed by atoms with Gasteiger partial charge in [-0.3, -0.25) is 4.79 Å². The Morgan fingerprint density at radius 2 is 2.00 bits per heavy atom. The number of hydrogen-bond acceptors (Lipinski definition) is 2. The highest BCUT2D eigenvalue weighted by Crippen LogP contribution is 2.29. The summed E-state index contributed by atoms with van der Waals surface area (Å²) in [6.07, 6.45) is -3.75. The molecule has 0 atom stereocenters. The number of nitrogens with one attached hydrogen (secondary N) is 1. The molecule has 0 unspecified atom stereocenters. The zero-order valence-electron chi connectivity index (χ0n) is 11.4. The van der Waals surface area contributed by atoms with Crippen LogP contribution in [0.4, 0.5) is 13.2 Å². The minimum absolute atomic E-state index is 0.0575. The summed E-state index contributed by atoms with van der Waals surface area (Å²) in [6, 6.07) is 8.74. The Hall–Kier alpha value is -1.34. The van der Waals surface area contributed by atoms with Gasteiger partial charge in [-0.05, 0) is 46.1 Å². The Bertz CT molecular complexity index is 654. The number of thiophene rings is 1. The summed E-state index contributed by atoms with van der Waals surface area (Å²) >= 11 is 4.95. The predicted molar refractivity (Wildman–Crippen MR) is 83.9 cm³/mol. The van der Waals surface area contributed by atoms with E-state index in [9.17, 15) is 18.0 Å². The van der Waals surface area contributed by atoms with E-state index in [4.69, 9.17) is 0 Å². The molecular formula is C15H13BrF3NOS. The summed E-state index contributed by atoms with van der Waals surface area (Å²) in [6.45, 7) is 0.463. The number of carbonyl (C=O) groups excluding carboxylic acids is 1. The highest BCUT2D eigenvalue weighted by molar-refractivity contribution is 9.11. The molecular weight excluding hydrogens is 379 g/mol. The van der Waals surface area contributed by atoms with Crippen LogP contribution >= 0.6 is 27.3 Å². The SMILES string of the molecule is O=C(Cc1cccc(C(F)(F)F)c1)NCCc1ccc(Br)s1. The van der Waals surface area contributed by atoms with E-state index in [-0.39, 0.29) is 12.3 Å². The van der Waals surface area contributed by atoms with Gasteiger partial charge in [0.05, 0.1) is 15.8 Å². The molecule has 0 saturated heterocycles. The number of halogens is 4. The molecule has 0 radical (unpaired) electrons. The molecule has 0 spiro atoms. The molecule has 0 aliphatic rings. The molecule has 0 bridgehead atoms. The first-order valence-corrected chi connectivity index (χ1v) is 8.12. The van der Waals surface area contributed by atoms with Crippen molar-refractivity contribution in [3.05, 3.63) is 56.2 Å². The summed E-state index contributed by atoms with van der Waals surface area (Å²) in [4.78, 5) is 12.9. The predicted octanol–water partition coefficient (Wildman–Crippen LogP) is 4.43. The van der Waals surface area contributed by atoms with Crippen molar-refractivity contribution in [2.75, 3.05) is 6.54 Å². The Kier molecular flexibility index (Phi) is 5.63. The fraction of sp³-hybridized carbons (Fsp3) is 0.267. The second kappa shape index (κ2) is 7.28. The third-order valence-electron chi connectivity index (χ3n) is 2.94. The van der Waals surface area contributed by atoms with Crippen LogP contribution in [0.25, 0.3) is 0 Å². The summed E-state index contributed by atoms with van der Waals surface area (Å²) in [5, 5.41) is 2.72. The van der Waals surface area contributed by atoms with Crippen LogP contribution in [0.15, 0.2) is 40.2 Å². The lowest BCUT2D eigenvalue weighted by molar-refractivity contribution is -0.137. The molecule has 2 nitrogen and oxygen atoms in total. The van der Waals surface area contributed by atoms with Crippen LogP contribution in [0.3, 0.4) is 0 Å². The van der Waals surface area contributed by atoms with Crippen molar-refractivity contribution in [1.29, 1.82) is 0 Å². The molecule has 2 aromatic rings. The average molecular weight is 392 g/mol. The van der Waals surface area contributed by atoms with Crippen LogP contribution in [0, 0.1) is 0 Å². The molecule has 1 amide bonds. The van der Waals surface area contributed by atoms with E-state index in [1.54, 1.807) is 11.3 Å². The fourth-order valence-corrected chi connectivity index (χ4v) is 3.40. The zero-order chi connectivity index (χ0) is 16.2. The van der Waals surface area contributed by atoms with Gasteiger partial charge in [0.25, 0.3) is 0 Å². The van der Waals surface area contributed by atoms with Crippen LogP contribution in [0.5, 0.6) is 0 Å². The molecule has 1 aromatic carbocycles. The second-order valence-electron chi connectivity index (χ2n) is 4.68. The molecule has 0 aliphatic heterocycles. The van der Waals surface area contributed by atoms with Gasteiger partial charge >= 0.3 is 6.18 Å². The molecule has 0 aliphatic carbocycles. The summed E-state index contributed by atoms with van der Waals surface area (Å²) in [5.41, 5.74) is -0.382. The van der Waals surface area contributed by atoms with Gasteiger partial charge in [0.1, 0.15) is 0 Å². The van der Waals surface area contributed by atoms with E-state index in [0.717, 1.165) is 20.8 Å². The van der Waals surface area contributed by atoms with E-state index in [0.29, 0.717) is 18.5 Å². The lowest BCUT2D eigenvalue weighted by Gasteiger charge is -2.09. The average Bonchev–Trinajstić information content (AvgIpc) is 2.84. The van der Waals surface area contributed by atoms with Crippen molar-refractivity contribution in [2.45, 2.75) is 19.0 Å². The van der Waals surface area contributed by atoms with E-state index in [1.165, 1.54) is 12.1 Å². The standard InChI is InChI=1S/C15H13BrF3NOS/c16-13-5-4-12(22-13)6-7-20-14(21)9-10-2-1-3-11(8-10)15(17,18)19/h1-5,8H,6-7,9H2,(H,20,21). The second-order valence-corrected chi connectivity index (χ2v) is 7.23. The largest absolute Gasteiger partial charge is 0.416 e. The van der Waals surface area contributed by atoms with Crippen molar-refractivity contribution < 1.29 is 18.0 Å². The molecule has 0 fully saturated rings. The fourth-order valence-electron chi connectivity index (χ4n) is 1.92. The monoisotopic (exact) mass is 391 g/mol. The minimum Gasteiger partial charge on any atom is -0.355 e. The van der Waals surface area contributed by atoms with Gasteiger partial charge in [-0.2, -0.15) is 13.2 Å². The highest BCUT2D eigenvalue weighted by atomic mass is 79.9. The first-order chi connectivity index (χ1) is 10.3. The maximum Gasteiger partial charge on any atom is 0.416 e. The van der Waals surface area contributed by atoms with Gasteiger partial charge in [-0.15, -0.1) is 11.3 Å². The molecule has 1 N–H and O–H groups in total. The van der Waals surface area contributed by atoms with Crippen LogP contribution in [-0.4, -0.2) is 12.5 Å². The lowest BCUT2D eigenvalue weighted by Crippen LogP contribution is -2.27. The maximum absolute atomic E-state index is 12.6. The number of amides is 1. The van der Waals surface area contributed by atoms with E-state index in [2.05, 4.69) is 21.2 Å². The van der Waals surface area contributed by atoms with Crippen LogP contribution in [0.1, 0.15) is 16.0 Å². The number of benzene rings is 1. The van der Waals surface area contributed by atoms with Crippen molar-refractivity contribution in [3.8, 4) is 0 Å². The minimum atomic E-state index is -4.39. The molecule has 118 valence electrons. The van der Waals surface area contributed by atoms with Gasteiger partial charge in [-0.1, -0.05) is 18.2 Å². The van der Waals surface area contributed by atoms with Crippen molar-refractivity contribution in [3.63, 3.8) is 0 Å². The van der Waals surface area contributed by atoms with E-state index < -0.39 is 11.7 Å². The topological polar surface area (TPSA) is 29.1 Å². The van der Waals surface area contributed by atoms with Crippen molar-refractivity contribution >= 4 is 33.2 Å². The Labute approximate surface area is 138 Å². The Morgan fingerprint density at radius 1 is 1.23 bits per heavy atom. The first-order valence-electron chi connectivity index (χ1n) is 6.51. The van der Waals surface area contributed by atoms with Gasteiger partial charge in [-0.25, -0.2) is 0 Å². The van der Waals surface area contributed by atoms with E-state index >= 15 is 0 Å². The molecule has 2 rings (SSSR count). The Morgan fingerprint density at radius 3 is 2.64 bits per heavy atom. The smallest absolute Gasteiger partial charge is 0.355 e. The summed E-state index contributed by atoms with van der Waals surface area (Å²) < 4.78 is 38.8. The van der Waals surface area contributed by atoms with Crippen LogP contribution < -0.4 is 5.32 Å². The molecule has 7 heteroatoms. The van der Waals surface area contributed by atoms with Gasteiger partial charge < -0.3 is 5.32 Å². The van der Waals surface area contributed by atoms with Gasteiger partial charge in [0.15, 0.2) is 0 Å². The van der Waals surface area contributed by atoms with E-state index in [1.807, 2.05) is 12.1 Å². The maximum atomic E-state index is 12.6. The number of carbonyl (C=O) groups is 1. The van der Waals surface area contributed by atoms with Crippen LogP contribution in [0.2, 0.25) is 0 Å². The molecule has 1 aromatic heterocycles. The third-order valence-corrected chi connectivity index (χ3v) is 4.62. The third kappa shape index (κ3) is 5.14. The van der Waals surface area contributed by atoms with Crippen molar-refractivity contribution in [1.82, 2.24) is 5.32 Å². The number of rotatable bonds is 5. The highest BCUT2D eigenvalue weighted by Gasteiger charge is 2.30. The van der Waals surface area contributed by atoms with Crippen molar-refractivity contribution in [2.24, 2.45) is 0 Å². The number of alkyl halides is 3. The van der Waals surface area contributed by atoms with Crippen LogP contribution in [-0.2, 0) is 23.8 Å². The number of hydrogen-bond donors (Lipinski definition) is 1. The molecule has 1 heterocycles.